The van der Waals surface area contributed by atoms with Crippen LogP contribution in [0, 0.1) is 0 Å². The van der Waals surface area contributed by atoms with Gasteiger partial charge < -0.3 is 9.47 Å². The van der Waals surface area contributed by atoms with Gasteiger partial charge in [-0.15, -0.1) is 0 Å². The summed E-state index contributed by atoms with van der Waals surface area (Å²) in [5.41, 5.74) is 0.474. The number of nitrogens with zero attached hydrogens (tertiary/aromatic N) is 1. The Morgan fingerprint density at radius 3 is 2.56 bits per heavy atom. The Kier molecular flexibility index (Phi) is 7.69. The van der Waals surface area contributed by atoms with Crippen LogP contribution in [0.4, 0.5) is 0 Å². The summed E-state index contributed by atoms with van der Waals surface area (Å²) in [6, 6.07) is 0. The number of carbonyl (C=O) groups excluding carboxylic acids is 1. The third-order valence-electron chi connectivity index (χ3n) is 3.05. The Hall–Kier alpha value is -0.870. The minimum absolute atomic E-state index is 0.275. The molecule has 0 atom stereocenters. The maximum Gasteiger partial charge on any atom is 0.333 e. The standard InChI is InChI=1S/C14H25NO3/c1-13(2)14(16)18-10-6-4-3-5-7-15-8-11-17-12-9-15/h1,3-12H2,2H3. The van der Waals surface area contributed by atoms with Crippen molar-refractivity contribution in [3.8, 4) is 0 Å². The molecule has 1 rings (SSSR count). The molecule has 0 aromatic heterocycles. The minimum atomic E-state index is -0.275. The second-order valence-corrected chi connectivity index (χ2v) is 4.78. The highest BCUT2D eigenvalue weighted by atomic mass is 16.5. The molecule has 0 aliphatic carbocycles. The molecule has 1 aliphatic rings. The third kappa shape index (κ3) is 6.77. The molecule has 0 N–H and O–H groups in total. The van der Waals surface area contributed by atoms with Gasteiger partial charge in [-0.25, -0.2) is 4.79 Å². The van der Waals surface area contributed by atoms with E-state index in [-0.39, 0.29) is 5.97 Å². The molecule has 1 saturated heterocycles. The van der Waals surface area contributed by atoms with Gasteiger partial charge in [0.1, 0.15) is 0 Å². The second-order valence-electron chi connectivity index (χ2n) is 4.78. The largest absolute Gasteiger partial charge is 0.462 e. The quantitative estimate of drug-likeness (QED) is 0.378. The highest BCUT2D eigenvalue weighted by Gasteiger charge is 2.09. The summed E-state index contributed by atoms with van der Waals surface area (Å²) >= 11 is 0. The highest BCUT2D eigenvalue weighted by molar-refractivity contribution is 5.86. The number of esters is 1. The lowest BCUT2D eigenvalue weighted by molar-refractivity contribution is -0.139. The van der Waals surface area contributed by atoms with Crippen LogP contribution in [0.5, 0.6) is 0 Å². The first-order valence-corrected chi connectivity index (χ1v) is 6.83. The summed E-state index contributed by atoms with van der Waals surface area (Å²) in [6.45, 7) is 10.8. The second kappa shape index (κ2) is 9.11. The molecule has 104 valence electrons. The SMILES string of the molecule is C=C(C)C(=O)OCCCCCCN1CCOCC1. The van der Waals surface area contributed by atoms with E-state index in [2.05, 4.69) is 11.5 Å². The fraction of sp³-hybridized carbons (Fsp3) is 0.786. The number of unbranched alkanes of at least 4 members (excludes halogenated alkanes) is 3. The molecule has 4 heteroatoms. The number of carbonyl (C=O) groups is 1. The molecule has 0 aromatic rings. The number of morpholine rings is 1. The van der Waals surface area contributed by atoms with Crippen molar-refractivity contribution >= 4 is 5.97 Å². The zero-order valence-electron chi connectivity index (χ0n) is 11.5. The summed E-state index contributed by atoms with van der Waals surface area (Å²) in [7, 11) is 0. The first-order chi connectivity index (χ1) is 8.70. The highest BCUT2D eigenvalue weighted by Crippen LogP contribution is 2.05. The summed E-state index contributed by atoms with van der Waals surface area (Å²) in [5.74, 6) is -0.275. The maximum absolute atomic E-state index is 11.1. The van der Waals surface area contributed by atoms with Crippen molar-refractivity contribution in [1.82, 2.24) is 4.90 Å². The summed E-state index contributed by atoms with van der Waals surface area (Å²) in [6.07, 6.45) is 4.48. The number of ether oxygens (including phenoxy) is 2. The van der Waals surface area contributed by atoms with Crippen LogP contribution in [-0.2, 0) is 14.3 Å². The van der Waals surface area contributed by atoms with E-state index in [1.807, 2.05) is 0 Å². The van der Waals surface area contributed by atoms with Crippen LogP contribution in [0.2, 0.25) is 0 Å². The molecular formula is C14H25NO3. The van der Waals surface area contributed by atoms with Crippen LogP contribution in [-0.4, -0.2) is 50.3 Å². The van der Waals surface area contributed by atoms with Gasteiger partial charge in [-0.3, -0.25) is 4.90 Å². The van der Waals surface area contributed by atoms with E-state index in [0.29, 0.717) is 12.2 Å². The van der Waals surface area contributed by atoms with Gasteiger partial charge in [0, 0.05) is 18.7 Å². The van der Waals surface area contributed by atoms with Crippen LogP contribution in [0.3, 0.4) is 0 Å². The van der Waals surface area contributed by atoms with Crippen molar-refractivity contribution in [3.05, 3.63) is 12.2 Å². The van der Waals surface area contributed by atoms with Crippen LogP contribution in [0.15, 0.2) is 12.2 Å². The van der Waals surface area contributed by atoms with E-state index >= 15 is 0 Å². The smallest absolute Gasteiger partial charge is 0.333 e. The Balaban J connectivity index is 1.86. The Morgan fingerprint density at radius 2 is 1.89 bits per heavy atom. The zero-order valence-corrected chi connectivity index (χ0v) is 11.5. The lowest BCUT2D eigenvalue weighted by atomic mass is 10.2. The zero-order chi connectivity index (χ0) is 13.2. The van der Waals surface area contributed by atoms with Gasteiger partial charge in [0.05, 0.1) is 19.8 Å². The van der Waals surface area contributed by atoms with E-state index in [1.165, 1.54) is 12.8 Å². The van der Waals surface area contributed by atoms with Gasteiger partial charge in [-0.1, -0.05) is 19.4 Å². The van der Waals surface area contributed by atoms with Crippen molar-refractivity contribution in [1.29, 1.82) is 0 Å². The number of hydrogen-bond donors (Lipinski definition) is 0. The molecule has 1 aliphatic heterocycles. The topological polar surface area (TPSA) is 38.8 Å². The minimum Gasteiger partial charge on any atom is -0.462 e. The maximum atomic E-state index is 11.1. The fourth-order valence-electron chi connectivity index (χ4n) is 1.90. The first kappa shape index (κ1) is 15.2. The van der Waals surface area contributed by atoms with Gasteiger partial charge in [0.15, 0.2) is 0 Å². The van der Waals surface area contributed by atoms with Crippen LogP contribution >= 0.6 is 0 Å². The van der Waals surface area contributed by atoms with Crippen molar-refractivity contribution < 1.29 is 14.3 Å². The molecular weight excluding hydrogens is 230 g/mol. The van der Waals surface area contributed by atoms with Gasteiger partial charge >= 0.3 is 5.97 Å². The van der Waals surface area contributed by atoms with E-state index in [0.717, 1.165) is 45.7 Å². The average molecular weight is 255 g/mol. The van der Waals surface area contributed by atoms with Crippen molar-refractivity contribution in [3.63, 3.8) is 0 Å². The molecule has 0 aromatic carbocycles. The van der Waals surface area contributed by atoms with E-state index in [9.17, 15) is 4.79 Å². The Morgan fingerprint density at radius 1 is 1.22 bits per heavy atom. The molecule has 18 heavy (non-hydrogen) atoms. The van der Waals surface area contributed by atoms with Gasteiger partial charge in [-0.05, 0) is 26.3 Å². The van der Waals surface area contributed by atoms with Crippen LogP contribution < -0.4 is 0 Å². The number of hydrogen-bond acceptors (Lipinski definition) is 4. The van der Waals surface area contributed by atoms with Crippen LogP contribution in [0.25, 0.3) is 0 Å². The number of rotatable bonds is 8. The first-order valence-electron chi connectivity index (χ1n) is 6.83. The van der Waals surface area contributed by atoms with Gasteiger partial charge in [0.25, 0.3) is 0 Å². The lowest BCUT2D eigenvalue weighted by Gasteiger charge is -2.26. The molecule has 0 saturated carbocycles. The normalized spacial score (nSPS) is 16.5. The van der Waals surface area contributed by atoms with Crippen molar-refractivity contribution in [2.75, 3.05) is 39.5 Å². The van der Waals surface area contributed by atoms with Crippen molar-refractivity contribution in [2.24, 2.45) is 0 Å². The Labute approximate surface area is 110 Å². The summed E-state index contributed by atoms with van der Waals surface area (Å²) < 4.78 is 10.3. The molecule has 0 unspecified atom stereocenters. The van der Waals surface area contributed by atoms with E-state index in [1.54, 1.807) is 6.92 Å². The molecule has 4 nitrogen and oxygen atoms in total. The molecule has 1 fully saturated rings. The average Bonchev–Trinajstić information content (AvgIpc) is 2.38. The lowest BCUT2D eigenvalue weighted by Crippen LogP contribution is -2.36. The van der Waals surface area contributed by atoms with E-state index in [4.69, 9.17) is 9.47 Å². The Bertz CT molecular complexity index is 260. The van der Waals surface area contributed by atoms with Gasteiger partial charge in [-0.2, -0.15) is 0 Å². The van der Waals surface area contributed by atoms with Crippen LogP contribution in [0.1, 0.15) is 32.6 Å². The van der Waals surface area contributed by atoms with Crippen molar-refractivity contribution in [2.45, 2.75) is 32.6 Å². The molecule has 1 heterocycles. The molecule has 0 amide bonds. The predicted octanol–water partition coefficient (Wildman–Crippen LogP) is 2.00. The monoisotopic (exact) mass is 255 g/mol. The van der Waals surface area contributed by atoms with Gasteiger partial charge in [0.2, 0.25) is 0 Å². The molecule has 0 spiro atoms. The van der Waals surface area contributed by atoms with E-state index < -0.39 is 0 Å². The summed E-state index contributed by atoms with van der Waals surface area (Å²) in [5, 5.41) is 0. The molecule has 0 radical (unpaired) electrons. The third-order valence-corrected chi connectivity index (χ3v) is 3.05. The summed E-state index contributed by atoms with van der Waals surface area (Å²) in [4.78, 5) is 13.5. The predicted molar refractivity (Wildman–Crippen MR) is 71.5 cm³/mol. The fourth-order valence-corrected chi connectivity index (χ4v) is 1.90. The molecule has 0 bridgehead atoms.